The molecule has 0 radical (unpaired) electrons. The van der Waals surface area contributed by atoms with Gasteiger partial charge >= 0.3 is 0 Å². The quantitative estimate of drug-likeness (QED) is 0.743. The van der Waals surface area contributed by atoms with Gasteiger partial charge < -0.3 is 10.4 Å². The lowest BCUT2D eigenvalue weighted by molar-refractivity contribution is -0.118. The van der Waals surface area contributed by atoms with Crippen LogP contribution >= 0.6 is 0 Å². The molecule has 0 spiro atoms. The van der Waals surface area contributed by atoms with E-state index in [4.69, 9.17) is 0 Å². The molecule has 0 saturated carbocycles. The second-order valence-electron chi connectivity index (χ2n) is 3.69. The van der Waals surface area contributed by atoms with E-state index < -0.39 is 5.54 Å². The Kier molecular flexibility index (Phi) is 4.10. The number of hydrogen-bond acceptors (Lipinski definition) is 2. The highest BCUT2D eigenvalue weighted by Crippen LogP contribution is 2.19. The van der Waals surface area contributed by atoms with Crippen molar-refractivity contribution >= 4 is 5.91 Å². The lowest BCUT2D eigenvalue weighted by atomic mass is 9.93. The minimum absolute atomic E-state index is 0.172. The summed E-state index contributed by atoms with van der Waals surface area (Å²) in [6.07, 6.45) is 0. The molecule has 0 heterocycles. The van der Waals surface area contributed by atoms with Gasteiger partial charge in [0.2, 0.25) is 0 Å². The summed E-state index contributed by atoms with van der Waals surface area (Å²) in [5.74, 6) is 4.53. The van der Waals surface area contributed by atoms with Gasteiger partial charge in [0.15, 0.2) is 0 Å². The molecule has 0 bridgehead atoms. The Bertz CT molecular complexity index is 417. The van der Waals surface area contributed by atoms with E-state index in [9.17, 15) is 9.90 Å². The van der Waals surface area contributed by atoms with Crippen LogP contribution in [0.1, 0.15) is 19.4 Å². The number of carbonyl (C=O) groups is 1. The number of benzene rings is 1. The summed E-state index contributed by atoms with van der Waals surface area (Å²) in [6, 6.07) is 9.32. The molecule has 0 aliphatic carbocycles. The van der Waals surface area contributed by atoms with Crippen molar-refractivity contribution in [2.75, 3.05) is 6.61 Å². The van der Waals surface area contributed by atoms with E-state index in [0.29, 0.717) is 0 Å². The maximum Gasteiger partial charge on any atom is 0.296 e. The third-order valence-corrected chi connectivity index (χ3v) is 2.36. The largest absolute Gasteiger partial charge is 0.394 e. The zero-order valence-corrected chi connectivity index (χ0v) is 9.45. The Morgan fingerprint density at radius 2 is 2.06 bits per heavy atom. The summed E-state index contributed by atoms with van der Waals surface area (Å²) in [6.45, 7) is 3.18. The summed E-state index contributed by atoms with van der Waals surface area (Å²) in [7, 11) is 0. The molecule has 0 aromatic heterocycles. The maximum absolute atomic E-state index is 11.4. The number of aliphatic hydroxyl groups excluding tert-OH is 1. The number of rotatable bonds is 3. The Hall–Kier alpha value is -1.79. The van der Waals surface area contributed by atoms with Crippen LogP contribution in [0.5, 0.6) is 0 Å². The molecule has 1 aromatic carbocycles. The minimum Gasteiger partial charge on any atom is -0.394 e. The number of amides is 1. The summed E-state index contributed by atoms with van der Waals surface area (Å²) < 4.78 is 0. The molecule has 2 N–H and O–H groups in total. The van der Waals surface area contributed by atoms with Crippen LogP contribution in [-0.2, 0) is 10.3 Å². The van der Waals surface area contributed by atoms with Crippen molar-refractivity contribution in [3.8, 4) is 11.8 Å². The van der Waals surface area contributed by atoms with Gasteiger partial charge in [0.05, 0.1) is 12.1 Å². The van der Waals surface area contributed by atoms with Crippen LogP contribution in [0.25, 0.3) is 0 Å². The van der Waals surface area contributed by atoms with E-state index in [-0.39, 0.29) is 12.5 Å². The standard InChI is InChI=1S/C13H15NO2/c1-3-7-12(16)14-13(2,10-15)11-8-5-4-6-9-11/h4-6,8-9,15H,10H2,1-2H3,(H,14,16). The third kappa shape index (κ3) is 2.85. The van der Waals surface area contributed by atoms with Crippen molar-refractivity contribution in [1.82, 2.24) is 5.32 Å². The van der Waals surface area contributed by atoms with Crippen LogP contribution in [0.4, 0.5) is 0 Å². The highest BCUT2D eigenvalue weighted by Gasteiger charge is 2.26. The number of hydrogen-bond donors (Lipinski definition) is 2. The first-order valence-corrected chi connectivity index (χ1v) is 5.03. The number of aliphatic hydroxyl groups is 1. The van der Waals surface area contributed by atoms with Crippen LogP contribution < -0.4 is 5.32 Å². The fourth-order valence-corrected chi connectivity index (χ4v) is 1.40. The first-order valence-electron chi connectivity index (χ1n) is 5.03. The molecule has 0 aliphatic heterocycles. The van der Waals surface area contributed by atoms with E-state index in [0.717, 1.165) is 5.56 Å². The second kappa shape index (κ2) is 5.34. The van der Waals surface area contributed by atoms with Crippen molar-refractivity contribution in [2.24, 2.45) is 0 Å². The Morgan fingerprint density at radius 3 is 2.56 bits per heavy atom. The summed E-state index contributed by atoms with van der Waals surface area (Å²) in [5.41, 5.74) is 0.0612. The second-order valence-corrected chi connectivity index (χ2v) is 3.69. The molecule has 1 rings (SSSR count). The van der Waals surface area contributed by atoms with Gasteiger partial charge in [0.1, 0.15) is 0 Å². The van der Waals surface area contributed by atoms with E-state index in [1.807, 2.05) is 30.3 Å². The van der Waals surface area contributed by atoms with Crippen molar-refractivity contribution in [3.63, 3.8) is 0 Å². The predicted octanol–water partition coefficient (Wildman–Crippen LogP) is 1.03. The summed E-state index contributed by atoms with van der Waals surface area (Å²) >= 11 is 0. The van der Waals surface area contributed by atoms with Crippen LogP contribution in [0.2, 0.25) is 0 Å². The summed E-state index contributed by atoms with van der Waals surface area (Å²) in [5, 5.41) is 12.1. The van der Waals surface area contributed by atoms with Crippen LogP contribution in [0.3, 0.4) is 0 Å². The van der Waals surface area contributed by atoms with Crippen LogP contribution in [-0.4, -0.2) is 17.6 Å². The molecule has 84 valence electrons. The molecule has 3 heteroatoms. The zero-order valence-electron chi connectivity index (χ0n) is 9.45. The van der Waals surface area contributed by atoms with Gasteiger partial charge in [-0.3, -0.25) is 4.79 Å². The first kappa shape index (κ1) is 12.3. The fourth-order valence-electron chi connectivity index (χ4n) is 1.40. The third-order valence-electron chi connectivity index (χ3n) is 2.36. The van der Waals surface area contributed by atoms with Crippen LogP contribution in [0.15, 0.2) is 30.3 Å². The average molecular weight is 217 g/mol. The van der Waals surface area contributed by atoms with Crippen molar-refractivity contribution in [2.45, 2.75) is 19.4 Å². The van der Waals surface area contributed by atoms with E-state index >= 15 is 0 Å². The van der Waals surface area contributed by atoms with E-state index in [2.05, 4.69) is 17.2 Å². The normalized spacial score (nSPS) is 13.2. The van der Waals surface area contributed by atoms with Crippen molar-refractivity contribution < 1.29 is 9.90 Å². The number of nitrogens with one attached hydrogen (secondary N) is 1. The predicted molar refractivity (Wildman–Crippen MR) is 62.5 cm³/mol. The zero-order chi connectivity index (χ0) is 12.0. The van der Waals surface area contributed by atoms with Crippen molar-refractivity contribution in [1.29, 1.82) is 0 Å². The molecule has 16 heavy (non-hydrogen) atoms. The minimum atomic E-state index is -0.789. The smallest absolute Gasteiger partial charge is 0.296 e. The average Bonchev–Trinajstić information content (AvgIpc) is 2.30. The van der Waals surface area contributed by atoms with Gasteiger partial charge in [-0.05, 0) is 25.3 Å². The lowest BCUT2D eigenvalue weighted by Gasteiger charge is -2.28. The SMILES string of the molecule is CC#CC(=O)NC(C)(CO)c1ccccc1. The van der Waals surface area contributed by atoms with Gasteiger partial charge in [-0.2, -0.15) is 0 Å². The molecule has 1 atom stereocenters. The van der Waals surface area contributed by atoms with Crippen LogP contribution in [0, 0.1) is 11.8 Å². The Morgan fingerprint density at radius 1 is 1.44 bits per heavy atom. The van der Waals surface area contributed by atoms with Gasteiger partial charge in [-0.1, -0.05) is 36.3 Å². The number of carbonyl (C=O) groups excluding carboxylic acids is 1. The van der Waals surface area contributed by atoms with Crippen molar-refractivity contribution in [3.05, 3.63) is 35.9 Å². The van der Waals surface area contributed by atoms with Gasteiger partial charge in [-0.15, -0.1) is 0 Å². The van der Waals surface area contributed by atoms with Gasteiger partial charge in [0, 0.05) is 0 Å². The Balaban J connectivity index is 2.93. The molecular weight excluding hydrogens is 202 g/mol. The van der Waals surface area contributed by atoms with E-state index in [1.54, 1.807) is 13.8 Å². The van der Waals surface area contributed by atoms with Gasteiger partial charge in [-0.25, -0.2) is 0 Å². The molecule has 1 amide bonds. The summed E-state index contributed by atoms with van der Waals surface area (Å²) in [4.78, 5) is 11.4. The highest BCUT2D eigenvalue weighted by molar-refractivity contribution is 5.94. The Labute approximate surface area is 95.5 Å². The molecular formula is C13H15NO2. The highest BCUT2D eigenvalue weighted by atomic mass is 16.3. The molecule has 1 aromatic rings. The van der Waals surface area contributed by atoms with Gasteiger partial charge in [0.25, 0.3) is 5.91 Å². The van der Waals surface area contributed by atoms with E-state index in [1.165, 1.54) is 0 Å². The molecule has 0 aliphatic rings. The molecule has 1 unspecified atom stereocenters. The molecule has 3 nitrogen and oxygen atoms in total. The lowest BCUT2D eigenvalue weighted by Crippen LogP contribution is -2.45. The fraction of sp³-hybridized carbons (Fsp3) is 0.308. The maximum atomic E-state index is 11.4. The molecule has 0 saturated heterocycles. The topological polar surface area (TPSA) is 49.3 Å². The molecule has 0 fully saturated rings. The first-order chi connectivity index (χ1) is 7.62. The monoisotopic (exact) mass is 217 g/mol.